The number of amides is 2. The molecule has 0 radical (unpaired) electrons. The van der Waals surface area contributed by atoms with E-state index in [9.17, 15) is 9.59 Å². The van der Waals surface area contributed by atoms with Crippen LogP contribution in [0.3, 0.4) is 0 Å². The Bertz CT molecular complexity index is 656. The van der Waals surface area contributed by atoms with Gasteiger partial charge >= 0.3 is 6.03 Å². The molecule has 0 bridgehead atoms. The molecule has 0 aliphatic heterocycles. The molecular formula is C21H26N2O2. The smallest absolute Gasteiger partial charge is 0.318 e. The van der Waals surface area contributed by atoms with E-state index in [0.717, 1.165) is 18.3 Å². The molecule has 0 heterocycles. The SMILES string of the molecule is CC(C)N(CCc1ccccc1)C(=O)N[C@H](C=O)Cc1ccccc1. The number of hydrogen-bond donors (Lipinski definition) is 1. The Hall–Kier alpha value is -2.62. The lowest BCUT2D eigenvalue weighted by molar-refractivity contribution is -0.109. The molecule has 0 aliphatic rings. The Morgan fingerprint density at radius 2 is 1.56 bits per heavy atom. The van der Waals surface area contributed by atoms with Crippen LogP contribution in [-0.2, 0) is 17.6 Å². The first-order valence-corrected chi connectivity index (χ1v) is 8.70. The highest BCUT2D eigenvalue weighted by Crippen LogP contribution is 2.07. The lowest BCUT2D eigenvalue weighted by atomic mass is 10.1. The van der Waals surface area contributed by atoms with Crippen LogP contribution in [0.5, 0.6) is 0 Å². The minimum atomic E-state index is -0.520. The van der Waals surface area contributed by atoms with Gasteiger partial charge in [-0.1, -0.05) is 60.7 Å². The zero-order valence-corrected chi connectivity index (χ0v) is 14.9. The number of rotatable bonds is 8. The fourth-order valence-electron chi connectivity index (χ4n) is 2.73. The average molecular weight is 338 g/mol. The van der Waals surface area contributed by atoms with E-state index in [2.05, 4.69) is 17.4 Å². The van der Waals surface area contributed by atoms with Gasteiger partial charge in [0.1, 0.15) is 6.29 Å². The van der Waals surface area contributed by atoms with Crippen molar-refractivity contribution >= 4 is 12.3 Å². The molecule has 2 aromatic rings. The summed E-state index contributed by atoms with van der Waals surface area (Å²) in [7, 11) is 0. The van der Waals surface area contributed by atoms with Crippen molar-refractivity contribution in [3.63, 3.8) is 0 Å². The van der Waals surface area contributed by atoms with Crippen molar-refractivity contribution < 1.29 is 9.59 Å². The Labute approximate surface area is 149 Å². The minimum absolute atomic E-state index is 0.0627. The normalized spacial score (nSPS) is 11.8. The number of aldehydes is 1. The molecule has 1 atom stereocenters. The van der Waals surface area contributed by atoms with Gasteiger partial charge in [0.25, 0.3) is 0 Å². The average Bonchev–Trinajstić information content (AvgIpc) is 2.62. The molecule has 4 heteroatoms. The molecule has 0 aromatic heterocycles. The summed E-state index contributed by atoms with van der Waals surface area (Å²) in [6, 6.07) is 19.1. The summed E-state index contributed by atoms with van der Waals surface area (Å²) in [4.78, 5) is 25.8. The lowest BCUT2D eigenvalue weighted by Crippen LogP contribution is -2.49. The summed E-state index contributed by atoms with van der Waals surface area (Å²) in [6.07, 6.45) is 2.10. The summed E-state index contributed by atoms with van der Waals surface area (Å²) < 4.78 is 0. The Balaban J connectivity index is 1.95. The maximum absolute atomic E-state index is 12.6. The third-order valence-corrected chi connectivity index (χ3v) is 4.14. The Morgan fingerprint density at radius 3 is 2.08 bits per heavy atom. The lowest BCUT2D eigenvalue weighted by Gasteiger charge is -2.28. The van der Waals surface area contributed by atoms with Crippen molar-refractivity contribution in [2.75, 3.05) is 6.54 Å². The van der Waals surface area contributed by atoms with E-state index in [1.54, 1.807) is 4.90 Å². The molecule has 132 valence electrons. The van der Waals surface area contributed by atoms with Crippen molar-refractivity contribution in [1.29, 1.82) is 0 Å². The number of urea groups is 1. The van der Waals surface area contributed by atoms with Crippen LogP contribution < -0.4 is 5.32 Å². The van der Waals surface area contributed by atoms with E-state index < -0.39 is 6.04 Å². The largest absolute Gasteiger partial charge is 0.328 e. The van der Waals surface area contributed by atoms with Crippen LogP contribution in [-0.4, -0.2) is 35.8 Å². The molecule has 0 spiro atoms. The van der Waals surface area contributed by atoms with Crippen LogP contribution >= 0.6 is 0 Å². The van der Waals surface area contributed by atoms with Crippen molar-refractivity contribution in [1.82, 2.24) is 10.2 Å². The monoisotopic (exact) mass is 338 g/mol. The van der Waals surface area contributed by atoms with E-state index in [0.29, 0.717) is 13.0 Å². The van der Waals surface area contributed by atoms with Gasteiger partial charge in [-0.3, -0.25) is 0 Å². The van der Waals surface area contributed by atoms with Gasteiger partial charge in [0.15, 0.2) is 0 Å². The summed E-state index contributed by atoms with van der Waals surface area (Å²) in [5.41, 5.74) is 2.22. The second-order valence-electron chi connectivity index (χ2n) is 6.40. The van der Waals surface area contributed by atoms with Gasteiger partial charge in [-0.25, -0.2) is 4.79 Å². The maximum Gasteiger partial charge on any atom is 0.318 e. The van der Waals surface area contributed by atoms with E-state index in [-0.39, 0.29) is 12.1 Å². The van der Waals surface area contributed by atoms with Gasteiger partial charge < -0.3 is 15.0 Å². The zero-order chi connectivity index (χ0) is 18.1. The highest BCUT2D eigenvalue weighted by Gasteiger charge is 2.20. The molecule has 0 fully saturated rings. The maximum atomic E-state index is 12.6. The molecule has 0 saturated carbocycles. The molecule has 2 rings (SSSR count). The van der Waals surface area contributed by atoms with Gasteiger partial charge in [0.05, 0.1) is 6.04 Å². The molecule has 0 saturated heterocycles. The van der Waals surface area contributed by atoms with Crippen LogP contribution in [0.25, 0.3) is 0 Å². The highest BCUT2D eigenvalue weighted by atomic mass is 16.2. The third kappa shape index (κ3) is 6.07. The Kier molecular flexibility index (Phi) is 7.20. The highest BCUT2D eigenvalue weighted by molar-refractivity contribution is 5.78. The predicted molar refractivity (Wildman–Crippen MR) is 101 cm³/mol. The molecule has 2 amide bonds. The summed E-state index contributed by atoms with van der Waals surface area (Å²) in [5.74, 6) is 0. The van der Waals surface area contributed by atoms with E-state index in [4.69, 9.17) is 0 Å². The molecule has 2 aromatic carbocycles. The number of carbonyl (C=O) groups is 2. The summed E-state index contributed by atoms with van der Waals surface area (Å²) in [5, 5.41) is 2.85. The zero-order valence-electron chi connectivity index (χ0n) is 14.9. The number of carbonyl (C=O) groups excluding carboxylic acids is 2. The topological polar surface area (TPSA) is 49.4 Å². The van der Waals surface area contributed by atoms with E-state index in [1.807, 2.05) is 62.4 Å². The van der Waals surface area contributed by atoms with Gasteiger partial charge in [0.2, 0.25) is 0 Å². The molecule has 4 nitrogen and oxygen atoms in total. The minimum Gasteiger partial charge on any atom is -0.328 e. The molecule has 0 unspecified atom stereocenters. The molecule has 0 aliphatic carbocycles. The number of nitrogens with zero attached hydrogens (tertiary/aromatic N) is 1. The number of hydrogen-bond acceptors (Lipinski definition) is 2. The molecule has 25 heavy (non-hydrogen) atoms. The van der Waals surface area contributed by atoms with Gasteiger partial charge in [-0.05, 0) is 37.8 Å². The van der Waals surface area contributed by atoms with Crippen molar-refractivity contribution in [3.8, 4) is 0 Å². The van der Waals surface area contributed by atoms with Crippen LogP contribution in [0.15, 0.2) is 60.7 Å². The predicted octanol–water partition coefficient (Wildman–Crippen LogP) is 3.46. The molecule has 1 N–H and O–H groups in total. The van der Waals surface area contributed by atoms with Crippen LogP contribution in [0.4, 0.5) is 4.79 Å². The fraction of sp³-hybridized carbons (Fsp3) is 0.333. The summed E-state index contributed by atoms with van der Waals surface area (Å²) >= 11 is 0. The van der Waals surface area contributed by atoms with Crippen LogP contribution in [0.1, 0.15) is 25.0 Å². The van der Waals surface area contributed by atoms with Crippen molar-refractivity contribution in [2.45, 2.75) is 38.8 Å². The second kappa shape index (κ2) is 9.62. The third-order valence-electron chi connectivity index (χ3n) is 4.14. The van der Waals surface area contributed by atoms with Crippen LogP contribution in [0, 0.1) is 0 Å². The fourth-order valence-corrected chi connectivity index (χ4v) is 2.73. The van der Waals surface area contributed by atoms with E-state index in [1.165, 1.54) is 5.56 Å². The van der Waals surface area contributed by atoms with Crippen molar-refractivity contribution in [3.05, 3.63) is 71.8 Å². The number of nitrogens with one attached hydrogen (secondary N) is 1. The quantitative estimate of drug-likeness (QED) is 0.749. The molecular weight excluding hydrogens is 312 g/mol. The first kappa shape index (κ1) is 18.7. The van der Waals surface area contributed by atoms with E-state index >= 15 is 0 Å². The second-order valence-corrected chi connectivity index (χ2v) is 6.40. The first-order chi connectivity index (χ1) is 12.1. The standard InChI is InChI=1S/C21H26N2O2/c1-17(2)23(14-13-18-9-5-3-6-10-18)21(25)22-20(16-24)15-19-11-7-4-8-12-19/h3-12,16-17,20H,13-15H2,1-2H3,(H,22,25)/t20-/m0/s1. The number of benzene rings is 2. The Morgan fingerprint density at radius 1 is 1.00 bits per heavy atom. The van der Waals surface area contributed by atoms with Crippen molar-refractivity contribution in [2.24, 2.45) is 0 Å². The van der Waals surface area contributed by atoms with Gasteiger partial charge in [0, 0.05) is 12.6 Å². The first-order valence-electron chi connectivity index (χ1n) is 8.70. The summed E-state index contributed by atoms with van der Waals surface area (Å²) in [6.45, 7) is 4.58. The van der Waals surface area contributed by atoms with Gasteiger partial charge in [-0.2, -0.15) is 0 Å². The van der Waals surface area contributed by atoms with Crippen LogP contribution in [0.2, 0.25) is 0 Å². The van der Waals surface area contributed by atoms with Gasteiger partial charge in [-0.15, -0.1) is 0 Å².